The van der Waals surface area contributed by atoms with Gasteiger partial charge in [0.05, 0.1) is 6.42 Å². The Labute approximate surface area is 122 Å². The topological polar surface area (TPSA) is 66.4 Å². The maximum atomic E-state index is 12.2. The molecule has 1 aliphatic rings. The summed E-state index contributed by atoms with van der Waals surface area (Å²) in [4.78, 5) is 23.2. The SMILES string of the molecule is CCC(CC)(CC(=O)O)NC(=O)CC1CCCCCC1. The Morgan fingerprint density at radius 1 is 1.10 bits per heavy atom. The van der Waals surface area contributed by atoms with E-state index in [-0.39, 0.29) is 12.3 Å². The van der Waals surface area contributed by atoms with Gasteiger partial charge in [-0.3, -0.25) is 9.59 Å². The third kappa shape index (κ3) is 5.51. The highest BCUT2D eigenvalue weighted by Gasteiger charge is 2.31. The van der Waals surface area contributed by atoms with E-state index in [0.717, 1.165) is 12.8 Å². The first-order valence-electron chi connectivity index (χ1n) is 8.04. The van der Waals surface area contributed by atoms with Gasteiger partial charge in [0.15, 0.2) is 0 Å². The second-order valence-corrected chi connectivity index (χ2v) is 6.17. The predicted molar refractivity (Wildman–Crippen MR) is 79.5 cm³/mol. The van der Waals surface area contributed by atoms with Gasteiger partial charge in [0.25, 0.3) is 0 Å². The number of carboxylic acid groups (broad SMARTS) is 1. The lowest BCUT2D eigenvalue weighted by Crippen LogP contribution is -2.49. The summed E-state index contributed by atoms with van der Waals surface area (Å²) in [5.41, 5.74) is -0.576. The van der Waals surface area contributed by atoms with E-state index >= 15 is 0 Å². The second-order valence-electron chi connectivity index (χ2n) is 6.17. The number of carbonyl (C=O) groups is 2. The lowest BCUT2D eigenvalue weighted by molar-refractivity contribution is -0.139. The molecule has 0 atom stereocenters. The molecule has 0 bridgehead atoms. The highest BCUT2D eigenvalue weighted by Crippen LogP contribution is 2.26. The van der Waals surface area contributed by atoms with Crippen molar-refractivity contribution in [2.24, 2.45) is 5.92 Å². The normalized spacial score (nSPS) is 17.5. The largest absolute Gasteiger partial charge is 0.481 e. The van der Waals surface area contributed by atoms with E-state index in [4.69, 9.17) is 5.11 Å². The van der Waals surface area contributed by atoms with Gasteiger partial charge in [0.2, 0.25) is 5.91 Å². The molecule has 0 saturated heterocycles. The zero-order valence-corrected chi connectivity index (χ0v) is 12.9. The standard InChI is InChI=1S/C16H29NO3/c1-3-16(4-2,12-15(19)20)17-14(18)11-13-9-7-5-6-8-10-13/h13H,3-12H2,1-2H3,(H,17,18)(H,19,20). The van der Waals surface area contributed by atoms with Gasteiger partial charge in [-0.1, -0.05) is 39.5 Å². The van der Waals surface area contributed by atoms with Gasteiger partial charge in [-0.05, 0) is 31.6 Å². The van der Waals surface area contributed by atoms with Crippen LogP contribution in [-0.2, 0) is 9.59 Å². The third-order valence-electron chi connectivity index (χ3n) is 4.70. The first-order valence-corrected chi connectivity index (χ1v) is 8.04. The van der Waals surface area contributed by atoms with E-state index in [0.29, 0.717) is 25.2 Å². The molecule has 0 aromatic rings. The molecule has 4 heteroatoms. The van der Waals surface area contributed by atoms with Crippen LogP contribution in [0.5, 0.6) is 0 Å². The number of rotatable bonds is 7. The molecule has 0 aromatic heterocycles. The van der Waals surface area contributed by atoms with Crippen LogP contribution < -0.4 is 5.32 Å². The quantitative estimate of drug-likeness (QED) is 0.703. The molecule has 4 nitrogen and oxygen atoms in total. The number of carbonyl (C=O) groups excluding carboxylic acids is 1. The van der Waals surface area contributed by atoms with Crippen LogP contribution in [0.4, 0.5) is 0 Å². The minimum atomic E-state index is -0.844. The Morgan fingerprint density at radius 3 is 2.10 bits per heavy atom. The predicted octanol–water partition coefficient (Wildman–Crippen LogP) is 3.50. The van der Waals surface area contributed by atoms with Gasteiger partial charge in [-0.25, -0.2) is 0 Å². The molecule has 2 N–H and O–H groups in total. The smallest absolute Gasteiger partial charge is 0.305 e. The van der Waals surface area contributed by atoms with E-state index in [1.54, 1.807) is 0 Å². The number of hydrogen-bond acceptors (Lipinski definition) is 2. The number of nitrogens with one attached hydrogen (secondary N) is 1. The molecule has 1 rings (SSSR count). The summed E-state index contributed by atoms with van der Waals surface area (Å²) in [6.07, 6.45) is 9.17. The summed E-state index contributed by atoms with van der Waals surface area (Å²) >= 11 is 0. The molecule has 0 aliphatic heterocycles. The minimum Gasteiger partial charge on any atom is -0.481 e. The summed E-state index contributed by atoms with van der Waals surface area (Å²) in [6.45, 7) is 3.89. The lowest BCUT2D eigenvalue weighted by Gasteiger charge is -2.32. The maximum Gasteiger partial charge on any atom is 0.305 e. The summed E-state index contributed by atoms with van der Waals surface area (Å²) < 4.78 is 0. The molecule has 116 valence electrons. The van der Waals surface area contributed by atoms with Crippen LogP contribution in [0.2, 0.25) is 0 Å². The Kier molecular flexibility index (Phi) is 7.03. The van der Waals surface area contributed by atoms with E-state index in [1.807, 2.05) is 13.8 Å². The fraction of sp³-hybridized carbons (Fsp3) is 0.875. The van der Waals surface area contributed by atoms with Crippen LogP contribution in [0, 0.1) is 5.92 Å². The first kappa shape index (κ1) is 17.0. The molecule has 1 fully saturated rings. The summed E-state index contributed by atoms with van der Waals surface area (Å²) in [5.74, 6) is -0.334. The van der Waals surface area contributed by atoms with Gasteiger partial charge in [0.1, 0.15) is 0 Å². The Hall–Kier alpha value is -1.06. The molecule has 0 aromatic carbocycles. The Balaban J connectivity index is 2.54. The average Bonchev–Trinajstić information content (AvgIpc) is 2.65. The van der Waals surface area contributed by atoms with Crippen molar-refractivity contribution in [1.82, 2.24) is 5.32 Å². The van der Waals surface area contributed by atoms with Gasteiger partial charge in [0, 0.05) is 12.0 Å². The van der Waals surface area contributed by atoms with Crippen molar-refractivity contribution in [3.63, 3.8) is 0 Å². The minimum absolute atomic E-state index is 0.0103. The molecular formula is C16H29NO3. The number of aliphatic carboxylic acids is 1. The molecule has 0 radical (unpaired) electrons. The number of carboxylic acids is 1. The molecule has 1 aliphatic carbocycles. The number of hydrogen-bond donors (Lipinski definition) is 2. The van der Waals surface area contributed by atoms with Crippen LogP contribution in [-0.4, -0.2) is 22.5 Å². The highest BCUT2D eigenvalue weighted by molar-refractivity contribution is 5.78. The fourth-order valence-corrected chi connectivity index (χ4v) is 3.19. The molecule has 0 heterocycles. The first-order chi connectivity index (χ1) is 9.51. The molecule has 1 saturated carbocycles. The van der Waals surface area contributed by atoms with Crippen LogP contribution in [0.1, 0.15) is 78.1 Å². The summed E-state index contributed by atoms with van der Waals surface area (Å²) in [7, 11) is 0. The van der Waals surface area contributed by atoms with Crippen molar-refractivity contribution in [3.05, 3.63) is 0 Å². The van der Waals surface area contributed by atoms with Gasteiger partial charge in [-0.15, -0.1) is 0 Å². The number of amides is 1. The monoisotopic (exact) mass is 283 g/mol. The van der Waals surface area contributed by atoms with Crippen LogP contribution in [0.25, 0.3) is 0 Å². The van der Waals surface area contributed by atoms with E-state index in [9.17, 15) is 9.59 Å². The van der Waals surface area contributed by atoms with Crippen molar-refractivity contribution in [2.45, 2.75) is 83.6 Å². The van der Waals surface area contributed by atoms with E-state index < -0.39 is 11.5 Å². The zero-order chi connectivity index (χ0) is 15.0. The summed E-state index contributed by atoms with van der Waals surface area (Å²) in [6, 6.07) is 0. The van der Waals surface area contributed by atoms with E-state index in [2.05, 4.69) is 5.32 Å². The summed E-state index contributed by atoms with van der Waals surface area (Å²) in [5, 5.41) is 12.0. The van der Waals surface area contributed by atoms with Crippen LogP contribution in [0.3, 0.4) is 0 Å². The van der Waals surface area contributed by atoms with Crippen LogP contribution in [0.15, 0.2) is 0 Å². The molecule has 0 spiro atoms. The van der Waals surface area contributed by atoms with Crippen LogP contribution >= 0.6 is 0 Å². The molecule has 20 heavy (non-hydrogen) atoms. The highest BCUT2D eigenvalue weighted by atomic mass is 16.4. The second kappa shape index (κ2) is 8.28. The van der Waals surface area contributed by atoms with Crippen molar-refractivity contribution in [3.8, 4) is 0 Å². The maximum absolute atomic E-state index is 12.2. The third-order valence-corrected chi connectivity index (χ3v) is 4.70. The zero-order valence-electron chi connectivity index (χ0n) is 12.9. The molecule has 0 unspecified atom stereocenters. The van der Waals surface area contributed by atoms with Crippen molar-refractivity contribution >= 4 is 11.9 Å². The van der Waals surface area contributed by atoms with Gasteiger partial charge in [-0.2, -0.15) is 0 Å². The Morgan fingerprint density at radius 2 is 1.65 bits per heavy atom. The average molecular weight is 283 g/mol. The van der Waals surface area contributed by atoms with E-state index in [1.165, 1.54) is 25.7 Å². The molecular weight excluding hydrogens is 254 g/mol. The molecule has 1 amide bonds. The van der Waals surface area contributed by atoms with Crippen molar-refractivity contribution in [2.75, 3.05) is 0 Å². The lowest BCUT2D eigenvalue weighted by atomic mass is 9.88. The van der Waals surface area contributed by atoms with Crippen molar-refractivity contribution in [1.29, 1.82) is 0 Å². The fourth-order valence-electron chi connectivity index (χ4n) is 3.19. The Bertz CT molecular complexity index is 316. The van der Waals surface area contributed by atoms with Crippen molar-refractivity contribution < 1.29 is 14.7 Å². The van der Waals surface area contributed by atoms with Gasteiger partial charge < -0.3 is 10.4 Å². The van der Waals surface area contributed by atoms with Gasteiger partial charge >= 0.3 is 5.97 Å².